The van der Waals surface area contributed by atoms with E-state index in [4.69, 9.17) is 4.98 Å². The number of aromatic nitrogens is 7. The molecule has 0 radical (unpaired) electrons. The second-order valence-corrected chi connectivity index (χ2v) is 5.71. The Labute approximate surface area is 136 Å². The number of aryl methyl sites for hydroxylation is 1. The molecule has 0 aliphatic heterocycles. The Kier molecular flexibility index (Phi) is 2.58. The molecule has 0 aliphatic rings. The summed E-state index contributed by atoms with van der Waals surface area (Å²) in [5.74, 6) is 0. The third-order valence-corrected chi connectivity index (χ3v) is 4.09. The number of aromatic amines is 2. The Balaban J connectivity index is 1.70. The van der Waals surface area contributed by atoms with Crippen LogP contribution in [-0.4, -0.2) is 34.9 Å². The van der Waals surface area contributed by atoms with Gasteiger partial charge in [-0.25, -0.2) is 4.98 Å². The quantitative estimate of drug-likeness (QED) is 0.524. The number of H-pyrrole nitrogens is 2. The van der Waals surface area contributed by atoms with E-state index in [-0.39, 0.29) is 0 Å². The molecule has 7 nitrogen and oxygen atoms in total. The van der Waals surface area contributed by atoms with E-state index in [9.17, 15) is 0 Å². The zero-order valence-electron chi connectivity index (χ0n) is 12.9. The Hall–Kier alpha value is -3.48. The Morgan fingerprint density at radius 1 is 1.08 bits per heavy atom. The number of hydrogen-bond acceptors (Lipinski definition) is 4. The second-order valence-electron chi connectivity index (χ2n) is 5.71. The van der Waals surface area contributed by atoms with Crippen molar-refractivity contribution in [3.8, 4) is 22.6 Å². The molecule has 0 bridgehead atoms. The summed E-state index contributed by atoms with van der Waals surface area (Å²) >= 11 is 0. The lowest BCUT2D eigenvalue weighted by molar-refractivity contribution is 0.768. The van der Waals surface area contributed by atoms with Crippen molar-refractivity contribution in [2.45, 2.75) is 0 Å². The molecule has 0 aromatic carbocycles. The van der Waals surface area contributed by atoms with Gasteiger partial charge in [0.15, 0.2) is 0 Å². The van der Waals surface area contributed by atoms with Gasteiger partial charge in [0.1, 0.15) is 11.2 Å². The lowest BCUT2D eigenvalue weighted by Gasteiger charge is -1.98. The van der Waals surface area contributed by atoms with Gasteiger partial charge in [0.2, 0.25) is 0 Å². The second kappa shape index (κ2) is 4.76. The molecule has 2 N–H and O–H groups in total. The van der Waals surface area contributed by atoms with Gasteiger partial charge in [0, 0.05) is 30.4 Å². The number of hydrogen-bond donors (Lipinski definition) is 2. The van der Waals surface area contributed by atoms with Crippen LogP contribution in [0.1, 0.15) is 0 Å². The van der Waals surface area contributed by atoms with E-state index in [1.165, 1.54) is 0 Å². The SMILES string of the molecule is Cn1cc(-c2ccc3[nH]nc(-c4cc5ccncc5[nH]4)c3n2)cn1. The predicted octanol–water partition coefficient (Wildman–Crippen LogP) is 2.90. The number of nitrogens with zero attached hydrogens (tertiary/aromatic N) is 5. The molecule has 0 spiro atoms. The highest BCUT2D eigenvalue weighted by atomic mass is 15.2. The van der Waals surface area contributed by atoms with Gasteiger partial charge in [-0.1, -0.05) is 0 Å². The third kappa shape index (κ3) is 1.91. The fraction of sp³-hybridized carbons (Fsp3) is 0.0588. The van der Waals surface area contributed by atoms with Gasteiger partial charge in [0.05, 0.1) is 34.8 Å². The van der Waals surface area contributed by atoms with Crippen LogP contribution in [0.5, 0.6) is 0 Å². The van der Waals surface area contributed by atoms with Gasteiger partial charge in [-0.3, -0.25) is 14.8 Å². The molecule has 0 aliphatic carbocycles. The zero-order valence-corrected chi connectivity index (χ0v) is 12.9. The van der Waals surface area contributed by atoms with Crippen LogP contribution in [0, 0.1) is 0 Å². The van der Waals surface area contributed by atoms with Crippen molar-refractivity contribution in [3.05, 3.63) is 49.1 Å². The van der Waals surface area contributed by atoms with Gasteiger partial charge in [-0.15, -0.1) is 0 Å². The van der Waals surface area contributed by atoms with E-state index < -0.39 is 0 Å². The Bertz CT molecular complexity index is 1150. The van der Waals surface area contributed by atoms with E-state index in [1.807, 2.05) is 43.8 Å². The van der Waals surface area contributed by atoms with Gasteiger partial charge >= 0.3 is 0 Å². The lowest BCUT2D eigenvalue weighted by atomic mass is 10.2. The third-order valence-electron chi connectivity index (χ3n) is 4.09. The van der Waals surface area contributed by atoms with E-state index in [2.05, 4.69) is 31.3 Å². The first kappa shape index (κ1) is 13.0. The van der Waals surface area contributed by atoms with Crippen molar-refractivity contribution in [2.75, 3.05) is 0 Å². The summed E-state index contributed by atoms with van der Waals surface area (Å²) in [6, 6.07) is 7.99. The Morgan fingerprint density at radius 3 is 2.88 bits per heavy atom. The van der Waals surface area contributed by atoms with Gasteiger partial charge in [-0.2, -0.15) is 10.2 Å². The van der Waals surface area contributed by atoms with Crippen LogP contribution >= 0.6 is 0 Å². The molecular formula is C17H13N7. The van der Waals surface area contributed by atoms with Crippen LogP contribution < -0.4 is 0 Å². The number of pyridine rings is 2. The minimum atomic E-state index is 0.798. The van der Waals surface area contributed by atoms with Crippen molar-refractivity contribution in [3.63, 3.8) is 0 Å². The molecule has 5 rings (SSSR count). The first-order valence-electron chi connectivity index (χ1n) is 7.55. The van der Waals surface area contributed by atoms with Crippen LogP contribution in [0.3, 0.4) is 0 Å². The summed E-state index contributed by atoms with van der Waals surface area (Å²) in [7, 11) is 1.89. The molecule has 7 heteroatoms. The lowest BCUT2D eigenvalue weighted by Crippen LogP contribution is -1.86. The normalized spacial score (nSPS) is 11.5. The van der Waals surface area contributed by atoms with E-state index in [0.29, 0.717) is 0 Å². The predicted molar refractivity (Wildman–Crippen MR) is 91.2 cm³/mol. The molecule has 0 saturated carbocycles. The smallest absolute Gasteiger partial charge is 0.135 e. The van der Waals surface area contributed by atoms with Crippen LogP contribution in [0.25, 0.3) is 44.6 Å². The number of rotatable bonds is 2. The highest BCUT2D eigenvalue weighted by Gasteiger charge is 2.14. The average Bonchev–Trinajstić information content (AvgIpc) is 3.30. The fourth-order valence-electron chi connectivity index (χ4n) is 2.90. The summed E-state index contributed by atoms with van der Waals surface area (Å²) in [6.45, 7) is 0. The minimum absolute atomic E-state index is 0.798. The fourth-order valence-corrected chi connectivity index (χ4v) is 2.90. The molecule has 0 saturated heterocycles. The maximum atomic E-state index is 4.78. The summed E-state index contributed by atoms with van der Waals surface area (Å²) < 4.78 is 1.77. The summed E-state index contributed by atoms with van der Waals surface area (Å²) in [4.78, 5) is 12.3. The first-order valence-corrected chi connectivity index (χ1v) is 7.55. The first-order chi connectivity index (χ1) is 11.8. The summed E-state index contributed by atoms with van der Waals surface area (Å²) in [6.07, 6.45) is 7.34. The molecule has 0 fully saturated rings. The Morgan fingerprint density at radius 2 is 2.04 bits per heavy atom. The minimum Gasteiger partial charge on any atom is -0.352 e. The molecule has 0 unspecified atom stereocenters. The highest BCUT2D eigenvalue weighted by Crippen LogP contribution is 2.29. The standard InChI is InChI=1S/C17H13N7/c1-24-9-11(7-19-24)12-2-3-13-16(21-12)17(23-22-13)14-6-10-4-5-18-8-15(10)20-14/h2-9,20H,1H3,(H,22,23). The van der Waals surface area contributed by atoms with E-state index >= 15 is 0 Å². The van der Waals surface area contributed by atoms with Crippen LogP contribution in [-0.2, 0) is 7.05 Å². The van der Waals surface area contributed by atoms with Crippen molar-refractivity contribution in [2.24, 2.45) is 7.05 Å². The largest absolute Gasteiger partial charge is 0.352 e. The zero-order chi connectivity index (χ0) is 16.1. The van der Waals surface area contributed by atoms with Crippen molar-refractivity contribution in [1.82, 2.24) is 34.9 Å². The van der Waals surface area contributed by atoms with Gasteiger partial charge in [0.25, 0.3) is 0 Å². The van der Waals surface area contributed by atoms with E-state index in [0.717, 1.165) is 44.6 Å². The maximum Gasteiger partial charge on any atom is 0.135 e. The number of fused-ring (bicyclic) bond motifs is 2. The van der Waals surface area contributed by atoms with Crippen LogP contribution in [0.15, 0.2) is 49.1 Å². The summed E-state index contributed by atoms with van der Waals surface area (Å²) in [5.41, 5.74) is 6.27. The molecule has 5 aromatic rings. The highest BCUT2D eigenvalue weighted by molar-refractivity contribution is 5.94. The van der Waals surface area contributed by atoms with Gasteiger partial charge < -0.3 is 4.98 Å². The topological polar surface area (TPSA) is 88.1 Å². The summed E-state index contributed by atoms with van der Waals surface area (Å²) in [5, 5.41) is 12.8. The molecule has 0 amide bonds. The molecule has 116 valence electrons. The maximum absolute atomic E-state index is 4.78. The van der Waals surface area contributed by atoms with Crippen LogP contribution in [0.4, 0.5) is 0 Å². The molecule has 0 atom stereocenters. The van der Waals surface area contributed by atoms with Crippen LogP contribution in [0.2, 0.25) is 0 Å². The van der Waals surface area contributed by atoms with E-state index in [1.54, 1.807) is 10.9 Å². The molecular weight excluding hydrogens is 302 g/mol. The van der Waals surface area contributed by atoms with Gasteiger partial charge in [-0.05, 0) is 24.3 Å². The molecule has 5 heterocycles. The van der Waals surface area contributed by atoms with Crippen molar-refractivity contribution >= 4 is 21.9 Å². The number of nitrogens with one attached hydrogen (secondary N) is 2. The van der Waals surface area contributed by atoms with Crippen molar-refractivity contribution in [1.29, 1.82) is 0 Å². The molecule has 5 aromatic heterocycles. The van der Waals surface area contributed by atoms with Crippen molar-refractivity contribution < 1.29 is 0 Å². The molecule has 24 heavy (non-hydrogen) atoms. The average molecular weight is 315 g/mol. The monoisotopic (exact) mass is 315 g/mol.